The molecule has 2 heteroatoms. The third kappa shape index (κ3) is 2.41. The molecule has 0 spiro atoms. The van der Waals surface area contributed by atoms with Crippen LogP contribution in [0.15, 0.2) is 35.3 Å². The maximum Gasteiger partial charge on any atom is 0.0572 e. The van der Waals surface area contributed by atoms with Crippen LogP contribution in [-0.2, 0) is 0 Å². The number of aromatic amines is 1. The van der Waals surface area contributed by atoms with Crippen LogP contribution < -0.4 is 0 Å². The van der Waals surface area contributed by atoms with Gasteiger partial charge in [0.2, 0.25) is 0 Å². The summed E-state index contributed by atoms with van der Waals surface area (Å²) in [6.07, 6.45) is 8.60. The topological polar surface area (TPSA) is 28.1 Å². The van der Waals surface area contributed by atoms with Gasteiger partial charge in [-0.3, -0.25) is 4.99 Å². The van der Waals surface area contributed by atoms with Crippen LogP contribution in [0.1, 0.15) is 37.8 Å². The maximum atomic E-state index is 4.69. The van der Waals surface area contributed by atoms with Crippen LogP contribution in [0.5, 0.6) is 0 Å². The highest BCUT2D eigenvalue weighted by Crippen LogP contribution is 2.20. The van der Waals surface area contributed by atoms with Crippen molar-refractivity contribution >= 4 is 17.1 Å². The summed E-state index contributed by atoms with van der Waals surface area (Å²) in [5.74, 6) is 0. The van der Waals surface area contributed by atoms with Crippen LogP contribution in [0.25, 0.3) is 10.9 Å². The Balaban J connectivity index is 1.77. The highest BCUT2D eigenvalue weighted by atomic mass is 14.8. The van der Waals surface area contributed by atoms with E-state index in [9.17, 15) is 0 Å². The molecule has 2 nitrogen and oxygen atoms in total. The van der Waals surface area contributed by atoms with Crippen molar-refractivity contribution in [2.45, 2.75) is 38.1 Å². The first-order valence-corrected chi connectivity index (χ1v) is 6.53. The Hall–Kier alpha value is -1.57. The predicted octanol–water partition coefficient (Wildman–Crippen LogP) is 3.92. The summed E-state index contributed by atoms with van der Waals surface area (Å²) in [5.41, 5.74) is 2.31. The molecule has 88 valence electrons. The van der Waals surface area contributed by atoms with Gasteiger partial charge in [-0.1, -0.05) is 37.5 Å². The molecule has 0 saturated heterocycles. The minimum Gasteiger partial charge on any atom is -0.354 e. The van der Waals surface area contributed by atoms with E-state index in [2.05, 4.69) is 35.3 Å². The van der Waals surface area contributed by atoms with Gasteiger partial charge in [-0.25, -0.2) is 0 Å². The van der Waals surface area contributed by atoms with Gasteiger partial charge in [-0.15, -0.1) is 0 Å². The fourth-order valence-corrected chi connectivity index (χ4v) is 2.58. The fraction of sp³-hybridized carbons (Fsp3) is 0.400. The zero-order valence-electron chi connectivity index (χ0n) is 10.0. The van der Waals surface area contributed by atoms with E-state index in [-0.39, 0.29) is 0 Å². The zero-order valence-corrected chi connectivity index (χ0v) is 10.0. The van der Waals surface area contributed by atoms with Crippen molar-refractivity contribution < 1.29 is 0 Å². The zero-order chi connectivity index (χ0) is 11.5. The molecule has 1 saturated carbocycles. The SMILES string of the molecule is C(=NC1CCCCC1)c1cc2ccccc2[nH]1. The molecule has 1 fully saturated rings. The summed E-state index contributed by atoms with van der Waals surface area (Å²) >= 11 is 0. The van der Waals surface area contributed by atoms with Crippen molar-refractivity contribution in [3.05, 3.63) is 36.0 Å². The number of benzene rings is 1. The average molecular weight is 226 g/mol. The summed E-state index contributed by atoms with van der Waals surface area (Å²) in [6, 6.07) is 11.1. The number of H-pyrrole nitrogens is 1. The Bertz CT molecular complexity index is 485. The normalized spacial score (nSPS) is 18.1. The number of rotatable bonds is 2. The second-order valence-corrected chi connectivity index (χ2v) is 4.88. The van der Waals surface area contributed by atoms with Crippen molar-refractivity contribution in [1.29, 1.82) is 0 Å². The number of nitrogens with one attached hydrogen (secondary N) is 1. The van der Waals surface area contributed by atoms with Crippen LogP contribution in [-0.4, -0.2) is 17.2 Å². The Labute approximate surface area is 102 Å². The van der Waals surface area contributed by atoms with E-state index in [1.54, 1.807) is 0 Å². The molecule has 0 aliphatic heterocycles. The summed E-state index contributed by atoms with van der Waals surface area (Å²) in [5, 5.41) is 1.26. The van der Waals surface area contributed by atoms with Crippen molar-refractivity contribution in [1.82, 2.24) is 4.98 Å². The predicted molar refractivity (Wildman–Crippen MR) is 72.8 cm³/mol. The Kier molecular flexibility index (Phi) is 2.95. The number of aliphatic imine (C=N–C) groups is 1. The second-order valence-electron chi connectivity index (χ2n) is 4.88. The average Bonchev–Trinajstić information content (AvgIpc) is 2.80. The lowest BCUT2D eigenvalue weighted by Crippen LogP contribution is -2.09. The van der Waals surface area contributed by atoms with Gasteiger partial charge < -0.3 is 4.98 Å². The van der Waals surface area contributed by atoms with Crippen LogP contribution in [0.2, 0.25) is 0 Å². The molecule has 0 bridgehead atoms. The van der Waals surface area contributed by atoms with Gasteiger partial charge in [0.05, 0.1) is 11.7 Å². The first-order valence-electron chi connectivity index (χ1n) is 6.53. The van der Waals surface area contributed by atoms with Crippen molar-refractivity contribution in [2.24, 2.45) is 4.99 Å². The minimum absolute atomic E-state index is 0.551. The molecule has 1 heterocycles. The smallest absolute Gasteiger partial charge is 0.0572 e. The highest BCUT2D eigenvalue weighted by Gasteiger charge is 2.10. The lowest BCUT2D eigenvalue weighted by atomic mass is 9.96. The summed E-state index contributed by atoms with van der Waals surface area (Å²) < 4.78 is 0. The van der Waals surface area contributed by atoms with E-state index in [4.69, 9.17) is 4.99 Å². The number of hydrogen-bond donors (Lipinski definition) is 1. The third-order valence-corrected chi connectivity index (χ3v) is 3.55. The maximum absolute atomic E-state index is 4.69. The lowest BCUT2D eigenvalue weighted by molar-refractivity contribution is 0.444. The second kappa shape index (κ2) is 4.74. The molecule has 0 unspecified atom stereocenters. The van der Waals surface area contributed by atoms with E-state index < -0.39 is 0 Å². The number of para-hydroxylation sites is 1. The van der Waals surface area contributed by atoms with Gasteiger partial charge in [0.25, 0.3) is 0 Å². The van der Waals surface area contributed by atoms with Crippen LogP contribution >= 0.6 is 0 Å². The molecule has 0 atom stereocenters. The third-order valence-electron chi connectivity index (χ3n) is 3.55. The van der Waals surface area contributed by atoms with Crippen LogP contribution in [0.4, 0.5) is 0 Å². The van der Waals surface area contributed by atoms with E-state index in [1.807, 2.05) is 6.21 Å². The highest BCUT2D eigenvalue weighted by molar-refractivity contribution is 5.89. The van der Waals surface area contributed by atoms with Crippen molar-refractivity contribution in [3.8, 4) is 0 Å². The first-order chi connectivity index (χ1) is 8.42. The molecule has 1 aliphatic carbocycles. The van der Waals surface area contributed by atoms with Crippen molar-refractivity contribution in [3.63, 3.8) is 0 Å². The Morgan fingerprint density at radius 1 is 1.12 bits per heavy atom. The monoisotopic (exact) mass is 226 g/mol. The van der Waals surface area contributed by atoms with E-state index in [0.717, 1.165) is 5.69 Å². The molecule has 1 aromatic carbocycles. The van der Waals surface area contributed by atoms with Gasteiger partial charge in [0.1, 0.15) is 0 Å². The summed E-state index contributed by atoms with van der Waals surface area (Å²) in [7, 11) is 0. The lowest BCUT2D eigenvalue weighted by Gasteiger charge is -2.16. The van der Waals surface area contributed by atoms with Gasteiger partial charge in [-0.2, -0.15) is 0 Å². The summed E-state index contributed by atoms with van der Waals surface area (Å²) in [4.78, 5) is 8.08. The molecule has 0 amide bonds. The number of nitrogens with zero attached hydrogens (tertiary/aromatic N) is 1. The van der Waals surface area contributed by atoms with Gasteiger partial charge >= 0.3 is 0 Å². The minimum atomic E-state index is 0.551. The van der Waals surface area contributed by atoms with Gasteiger partial charge in [0.15, 0.2) is 0 Å². The standard InChI is InChI=1S/C15H18N2/c1-2-7-13(8-3-1)16-11-14-10-12-6-4-5-9-15(12)17-14/h4-6,9-11,13,17H,1-3,7-8H2. The molecule has 2 aromatic rings. The van der Waals surface area contributed by atoms with Crippen molar-refractivity contribution in [2.75, 3.05) is 0 Å². The molecule has 1 aliphatic rings. The number of aromatic nitrogens is 1. The molecule has 1 N–H and O–H groups in total. The quantitative estimate of drug-likeness (QED) is 0.752. The molecule has 1 aromatic heterocycles. The van der Waals surface area contributed by atoms with Gasteiger partial charge in [-0.05, 0) is 25.0 Å². The number of hydrogen-bond acceptors (Lipinski definition) is 1. The van der Waals surface area contributed by atoms with E-state index in [0.29, 0.717) is 6.04 Å². The molecule has 0 radical (unpaired) electrons. The van der Waals surface area contributed by atoms with Crippen LogP contribution in [0.3, 0.4) is 0 Å². The Morgan fingerprint density at radius 2 is 1.94 bits per heavy atom. The molecular weight excluding hydrogens is 208 g/mol. The first kappa shape index (κ1) is 10.6. The number of fused-ring (bicyclic) bond motifs is 1. The van der Waals surface area contributed by atoms with Crippen LogP contribution in [0, 0.1) is 0 Å². The molecule has 17 heavy (non-hydrogen) atoms. The van der Waals surface area contributed by atoms with Gasteiger partial charge in [0, 0.05) is 17.1 Å². The molecular formula is C15H18N2. The molecule has 3 rings (SSSR count). The Morgan fingerprint density at radius 3 is 2.76 bits per heavy atom. The fourth-order valence-electron chi connectivity index (χ4n) is 2.58. The van der Waals surface area contributed by atoms with E-state index >= 15 is 0 Å². The summed E-state index contributed by atoms with van der Waals surface area (Å²) in [6.45, 7) is 0. The largest absolute Gasteiger partial charge is 0.354 e. The van der Waals surface area contributed by atoms with E-state index in [1.165, 1.54) is 43.0 Å².